The summed E-state index contributed by atoms with van der Waals surface area (Å²) in [4.78, 5) is 16.7. The minimum Gasteiger partial charge on any atom is -0.355 e. The highest BCUT2D eigenvalue weighted by Crippen LogP contribution is 2.29. The minimum absolute atomic E-state index is 0.0318. The van der Waals surface area contributed by atoms with Crippen LogP contribution in [0.4, 0.5) is 0 Å². The maximum absolute atomic E-state index is 12.5. The maximum atomic E-state index is 12.5. The molecule has 1 aromatic carbocycles. The van der Waals surface area contributed by atoms with Crippen molar-refractivity contribution in [2.75, 3.05) is 12.3 Å². The van der Waals surface area contributed by atoms with E-state index >= 15 is 0 Å². The van der Waals surface area contributed by atoms with Crippen LogP contribution in [-0.4, -0.2) is 47.7 Å². The summed E-state index contributed by atoms with van der Waals surface area (Å²) >= 11 is 1.37. The molecule has 4 rings (SSSR count). The number of thioether (sulfide) groups is 1. The van der Waals surface area contributed by atoms with E-state index in [1.165, 1.54) is 11.8 Å². The van der Waals surface area contributed by atoms with E-state index in [2.05, 4.69) is 31.7 Å². The highest BCUT2D eigenvalue weighted by Gasteiger charge is 2.18. The van der Waals surface area contributed by atoms with Crippen molar-refractivity contribution in [2.45, 2.75) is 38.9 Å². The molecule has 1 amide bonds. The molecule has 0 bridgehead atoms. The molecule has 3 heterocycles. The average Bonchev–Trinajstić information content (AvgIpc) is 3.38. The molecule has 0 saturated heterocycles. The molecule has 1 N–H and O–H groups in total. The van der Waals surface area contributed by atoms with Gasteiger partial charge in [-0.05, 0) is 57.0 Å². The number of pyridine rings is 1. The molecule has 170 valence electrons. The number of amides is 1. The van der Waals surface area contributed by atoms with E-state index < -0.39 is 0 Å². The Morgan fingerprint density at radius 1 is 1.09 bits per heavy atom. The number of nitrogens with zero attached hydrogens (tertiary/aromatic N) is 6. The number of nitrogens with one attached hydrogen (secondary N) is 1. The molecular weight excluding hydrogens is 434 g/mol. The fourth-order valence-corrected chi connectivity index (χ4v) is 4.39. The second kappa shape index (κ2) is 10.4. The fraction of sp³-hybridized carbons (Fsp3) is 0.292. The first-order chi connectivity index (χ1) is 16.0. The SMILES string of the molecule is Cc1cc(C)n(CCCNC(=O)CSc2nnc(-c3cccnc3)n2-c2ccccc2C)n1. The molecular formula is C24H27N7OS. The number of para-hydroxylation sites is 1. The Morgan fingerprint density at radius 3 is 2.67 bits per heavy atom. The number of carbonyl (C=O) groups is 1. The van der Waals surface area contributed by atoms with Crippen molar-refractivity contribution in [1.82, 2.24) is 34.8 Å². The van der Waals surface area contributed by atoms with Gasteiger partial charge in [0, 0.05) is 36.7 Å². The Kier molecular flexibility index (Phi) is 7.19. The number of benzene rings is 1. The van der Waals surface area contributed by atoms with Gasteiger partial charge in [0.2, 0.25) is 5.91 Å². The lowest BCUT2D eigenvalue weighted by Gasteiger charge is -2.12. The smallest absolute Gasteiger partial charge is 0.230 e. The molecule has 0 aliphatic rings. The molecule has 0 unspecified atom stereocenters. The Hall–Kier alpha value is -3.46. The summed E-state index contributed by atoms with van der Waals surface area (Å²) < 4.78 is 3.97. The second-order valence-corrected chi connectivity index (χ2v) is 8.75. The number of aryl methyl sites for hydroxylation is 4. The summed E-state index contributed by atoms with van der Waals surface area (Å²) in [6.07, 6.45) is 4.32. The average molecular weight is 462 g/mol. The quantitative estimate of drug-likeness (QED) is 0.302. The van der Waals surface area contributed by atoms with Crippen LogP contribution in [0.5, 0.6) is 0 Å². The van der Waals surface area contributed by atoms with Gasteiger partial charge in [-0.15, -0.1) is 10.2 Å². The zero-order valence-electron chi connectivity index (χ0n) is 19.0. The van der Waals surface area contributed by atoms with Crippen LogP contribution in [0.2, 0.25) is 0 Å². The molecule has 0 aliphatic heterocycles. The van der Waals surface area contributed by atoms with Crippen LogP contribution in [0.1, 0.15) is 23.4 Å². The van der Waals surface area contributed by atoms with Gasteiger partial charge < -0.3 is 5.32 Å². The van der Waals surface area contributed by atoms with E-state index in [4.69, 9.17) is 0 Å². The van der Waals surface area contributed by atoms with Crippen LogP contribution in [-0.2, 0) is 11.3 Å². The third-order valence-electron chi connectivity index (χ3n) is 5.21. The van der Waals surface area contributed by atoms with Crippen molar-refractivity contribution in [3.8, 4) is 17.1 Å². The van der Waals surface area contributed by atoms with Gasteiger partial charge in [0.25, 0.3) is 0 Å². The maximum Gasteiger partial charge on any atom is 0.230 e. The van der Waals surface area contributed by atoms with Crippen LogP contribution in [0.15, 0.2) is 60.0 Å². The highest BCUT2D eigenvalue weighted by atomic mass is 32.2. The van der Waals surface area contributed by atoms with Crippen molar-refractivity contribution >= 4 is 17.7 Å². The van der Waals surface area contributed by atoms with Gasteiger partial charge in [-0.1, -0.05) is 30.0 Å². The largest absolute Gasteiger partial charge is 0.355 e. The molecule has 8 nitrogen and oxygen atoms in total. The monoisotopic (exact) mass is 461 g/mol. The van der Waals surface area contributed by atoms with Gasteiger partial charge in [-0.3, -0.25) is 19.0 Å². The summed E-state index contributed by atoms with van der Waals surface area (Å²) in [6, 6.07) is 13.9. The minimum atomic E-state index is -0.0318. The van der Waals surface area contributed by atoms with Gasteiger partial charge in [0.1, 0.15) is 0 Å². The number of hydrogen-bond acceptors (Lipinski definition) is 6. The van der Waals surface area contributed by atoms with Crippen LogP contribution in [0.3, 0.4) is 0 Å². The van der Waals surface area contributed by atoms with E-state index in [0.29, 0.717) is 17.5 Å². The van der Waals surface area contributed by atoms with Gasteiger partial charge >= 0.3 is 0 Å². The lowest BCUT2D eigenvalue weighted by atomic mass is 10.2. The molecule has 0 fully saturated rings. The first-order valence-corrected chi connectivity index (χ1v) is 11.8. The summed E-state index contributed by atoms with van der Waals surface area (Å²) in [7, 11) is 0. The summed E-state index contributed by atoms with van der Waals surface area (Å²) in [5.74, 6) is 0.928. The first kappa shape index (κ1) is 22.7. The fourth-order valence-electron chi connectivity index (χ4n) is 3.62. The van der Waals surface area contributed by atoms with Crippen molar-refractivity contribution in [3.63, 3.8) is 0 Å². The van der Waals surface area contributed by atoms with Gasteiger partial charge in [-0.25, -0.2) is 0 Å². The van der Waals surface area contributed by atoms with Crippen molar-refractivity contribution in [2.24, 2.45) is 0 Å². The van der Waals surface area contributed by atoms with Gasteiger partial charge in [-0.2, -0.15) is 5.10 Å². The van der Waals surface area contributed by atoms with Crippen LogP contribution < -0.4 is 5.32 Å². The van der Waals surface area contributed by atoms with E-state index in [0.717, 1.165) is 41.2 Å². The lowest BCUT2D eigenvalue weighted by Crippen LogP contribution is -2.27. The number of aromatic nitrogens is 6. The molecule has 0 radical (unpaired) electrons. The predicted molar refractivity (Wildman–Crippen MR) is 129 cm³/mol. The lowest BCUT2D eigenvalue weighted by molar-refractivity contribution is -0.118. The topological polar surface area (TPSA) is 90.5 Å². The van der Waals surface area contributed by atoms with Crippen molar-refractivity contribution in [3.05, 3.63) is 71.8 Å². The number of hydrogen-bond donors (Lipinski definition) is 1. The van der Waals surface area contributed by atoms with Crippen molar-refractivity contribution < 1.29 is 4.79 Å². The van der Waals surface area contributed by atoms with Crippen molar-refractivity contribution in [1.29, 1.82) is 0 Å². The summed E-state index contributed by atoms with van der Waals surface area (Å²) in [6.45, 7) is 7.45. The van der Waals surface area contributed by atoms with Gasteiger partial charge in [0.15, 0.2) is 11.0 Å². The Bertz CT molecular complexity index is 1230. The van der Waals surface area contributed by atoms with Crippen LogP contribution in [0, 0.1) is 20.8 Å². The Morgan fingerprint density at radius 2 is 1.94 bits per heavy atom. The molecule has 9 heteroatoms. The highest BCUT2D eigenvalue weighted by molar-refractivity contribution is 7.99. The second-order valence-electron chi connectivity index (χ2n) is 7.81. The normalized spacial score (nSPS) is 11.0. The van der Waals surface area contributed by atoms with E-state index in [9.17, 15) is 4.79 Å². The number of rotatable bonds is 9. The van der Waals surface area contributed by atoms with Crippen LogP contribution in [0.25, 0.3) is 17.1 Å². The molecule has 0 saturated carbocycles. The molecule has 0 spiro atoms. The standard InChI is InChI=1S/C24H27N7OS/c1-17-8-4-5-10-21(17)31-23(20-9-6-11-25-15-20)27-28-24(31)33-16-22(32)26-12-7-13-30-19(3)14-18(2)29-30/h4-6,8-11,14-15H,7,12-13,16H2,1-3H3,(H,26,32). The molecule has 3 aromatic heterocycles. The zero-order chi connectivity index (χ0) is 23.2. The van der Waals surface area contributed by atoms with E-state index in [-0.39, 0.29) is 11.7 Å². The molecule has 0 aliphatic carbocycles. The Balaban J connectivity index is 1.41. The first-order valence-electron chi connectivity index (χ1n) is 10.9. The van der Waals surface area contributed by atoms with Crippen LogP contribution >= 0.6 is 11.8 Å². The molecule has 33 heavy (non-hydrogen) atoms. The zero-order valence-corrected chi connectivity index (χ0v) is 19.8. The third-order valence-corrected chi connectivity index (χ3v) is 6.14. The predicted octanol–water partition coefficient (Wildman–Crippen LogP) is 3.75. The molecule has 4 aromatic rings. The van der Waals surface area contributed by atoms with Gasteiger partial charge in [0.05, 0.1) is 17.1 Å². The van der Waals surface area contributed by atoms with E-state index in [1.54, 1.807) is 12.4 Å². The summed E-state index contributed by atoms with van der Waals surface area (Å²) in [5, 5.41) is 16.9. The summed E-state index contributed by atoms with van der Waals surface area (Å²) in [5.41, 5.74) is 5.09. The Labute approximate surface area is 197 Å². The third kappa shape index (κ3) is 5.48. The number of carbonyl (C=O) groups excluding carboxylic acids is 1. The van der Waals surface area contributed by atoms with E-state index in [1.807, 2.05) is 66.4 Å². The molecule has 0 atom stereocenters.